The molecular weight excluding hydrogens is 250 g/mol. The summed E-state index contributed by atoms with van der Waals surface area (Å²) in [6.45, 7) is 0.804. The molecule has 0 N–H and O–H groups in total. The fourth-order valence-electron chi connectivity index (χ4n) is 3.89. The molecule has 3 fully saturated rings. The Morgan fingerprint density at radius 2 is 1.75 bits per heavy atom. The van der Waals surface area contributed by atoms with E-state index in [2.05, 4.69) is 0 Å². The largest absolute Gasteiger partial charge is 0.312 e. The summed E-state index contributed by atoms with van der Waals surface area (Å²) in [6.07, 6.45) is 5.11. The molecule has 3 aliphatic rings. The van der Waals surface area contributed by atoms with Crippen molar-refractivity contribution in [1.29, 1.82) is 0 Å². The molecule has 0 aromatic heterocycles. The van der Waals surface area contributed by atoms with Gasteiger partial charge in [0.25, 0.3) is 0 Å². The van der Waals surface area contributed by atoms with Gasteiger partial charge in [-0.25, -0.2) is 0 Å². The number of carbonyl (C=O) groups is 2. The Kier molecular flexibility index (Phi) is 2.69. The van der Waals surface area contributed by atoms with Crippen molar-refractivity contribution in [3.63, 3.8) is 0 Å². The van der Waals surface area contributed by atoms with E-state index in [4.69, 9.17) is 0 Å². The molecule has 1 amide bonds. The predicted molar refractivity (Wildman–Crippen MR) is 76.7 cm³/mol. The van der Waals surface area contributed by atoms with E-state index in [0.717, 1.165) is 48.9 Å². The van der Waals surface area contributed by atoms with Crippen LogP contribution in [0.2, 0.25) is 0 Å². The summed E-state index contributed by atoms with van der Waals surface area (Å²) in [6, 6.07) is 7.64. The minimum atomic E-state index is 0.194. The number of hydrogen-bond donors (Lipinski definition) is 0. The minimum absolute atomic E-state index is 0.194. The number of amides is 1. The molecule has 1 aliphatic heterocycles. The van der Waals surface area contributed by atoms with Crippen LogP contribution in [0.5, 0.6) is 0 Å². The van der Waals surface area contributed by atoms with Gasteiger partial charge in [-0.05, 0) is 61.8 Å². The first-order valence-corrected chi connectivity index (χ1v) is 7.67. The second kappa shape index (κ2) is 4.44. The molecule has 104 valence electrons. The molecule has 0 radical (unpaired) electrons. The van der Waals surface area contributed by atoms with Crippen LogP contribution in [0.25, 0.3) is 0 Å². The Balaban J connectivity index is 1.49. The first-order valence-electron chi connectivity index (χ1n) is 7.67. The smallest absolute Gasteiger partial charge is 0.227 e. The predicted octanol–water partition coefficient (Wildman–Crippen LogP) is 3.04. The lowest BCUT2D eigenvalue weighted by atomic mass is 9.93. The van der Waals surface area contributed by atoms with Crippen LogP contribution < -0.4 is 4.90 Å². The first kappa shape index (κ1) is 12.1. The monoisotopic (exact) mass is 269 g/mol. The standard InChI is InChI=1S/C17H19NO2/c19-16-2-1-7-18(16)15-5-3-11(4-6-15)17(20)14-9-12-8-13(12)10-14/h3-6,12-14H,1-2,7-10H2. The Hall–Kier alpha value is -1.64. The van der Waals surface area contributed by atoms with Crippen LogP contribution >= 0.6 is 0 Å². The zero-order chi connectivity index (χ0) is 13.7. The second-order valence-corrected chi connectivity index (χ2v) is 6.48. The van der Waals surface area contributed by atoms with Gasteiger partial charge >= 0.3 is 0 Å². The number of benzene rings is 1. The topological polar surface area (TPSA) is 37.4 Å². The van der Waals surface area contributed by atoms with Gasteiger partial charge in [-0.3, -0.25) is 9.59 Å². The van der Waals surface area contributed by atoms with Crippen LogP contribution in [0, 0.1) is 17.8 Å². The van der Waals surface area contributed by atoms with Gasteiger partial charge in [-0.2, -0.15) is 0 Å². The maximum atomic E-state index is 12.4. The van der Waals surface area contributed by atoms with Crippen molar-refractivity contribution in [2.45, 2.75) is 32.1 Å². The summed E-state index contributed by atoms with van der Waals surface area (Å²) >= 11 is 0. The quantitative estimate of drug-likeness (QED) is 0.791. The average molecular weight is 269 g/mol. The number of carbonyl (C=O) groups excluding carboxylic acids is 2. The molecule has 1 aromatic rings. The molecule has 2 aliphatic carbocycles. The molecule has 4 rings (SSSR count). The molecule has 3 nitrogen and oxygen atoms in total. The van der Waals surface area contributed by atoms with Gasteiger partial charge in [-0.15, -0.1) is 0 Å². The first-order chi connectivity index (χ1) is 9.72. The van der Waals surface area contributed by atoms with Crippen molar-refractivity contribution in [1.82, 2.24) is 0 Å². The summed E-state index contributed by atoms with van der Waals surface area (Å²) in [5.41, 5.74) is 1.74. The molecule has 2 unspecified atom stereocenters. The highest BCUT2D eigenvalue weighted by Crippen LogP contribution is 2.54. The molecule has 1 heterocycles. The summed E-state index contributed by atoms with van der Waals surface area (Å²) in [5.74, 6) is 2.42. The fraction of sp³-hybridized carbons (Fsp3) is 0.529. The lowest BCUT2D eigenvalue weighted by molar-refractivity contribution is -0.117. The highest BCUT2D eigenvalue weighted by atomic mass is 16.2. The molecule has 0 spiro atoms. The third-order valence-corrected chi connectivity index (χ3v) is 5.15. The Labute approximate surface area is 119 Å². The molecule has 1 saturated heterocycles. The molecule has 3 heteroatoms. The molecule has 0 bridgehead atoms. The van der Waals surface area contributed by atoms with Crippen molar-refractivity contribution in [2.75, 3.05) is 11.4 Å². The van der Waals surface area contributed by atoms with Gasteiger partial charge in [0, 0.05) is 30.1 Å². The van der Waals surface area contributed by atoms with E-state index in [1.165, 1.54) is 6.42 Å². The summed E-state index contributed by atoms with van der Waals surface area (Å²) in [4.78, 5) is 26.0. The number of fused-ring (bicyclic) bond motifs is 1. The van der Waals surface area contributed by atoms with Crippen molar-refractivity contribution in [3.8, 4) is 0 Å². The number of Topliss-reactive ketones (excluding diaryl/α,β-unsaturated/α-hetero) is 1. The van der Waals surface area contributed by atoms with Crippen LogP contribution in [-0.4, -0.2) is 18.2 Å². The van der Waals surface area contributed by atoms with Gasteiger partial charge in [0.15, 0.2) is 5.78 Å². The number of nitrogens with zero attached hydrogens (tertiary/aromatic N) is 1. The lowest BCUT2D eigenvalue weighted by Crippen LogP contribution is -2.23. The summed E-state index contributed by atoms with van der Waals surface area (Å²) < 4.78 is 0. The van der Waals surface area contributed by atoms with E-state index in [9.17, 15) is 9.59 Å². The van der Waals surface area contributed by atoms with Crippen LogP contribution in [0.15, 0.2) is 24.3 Å². The molecule has 2 atom stereocenters. The van der Waals surface area contributed by atoms with Gasteiger partial charge in [0.05, 0.1) is 0 Å². The maximum Gasteiger partial charge on any atom is 0.227 e. The molecule has 2 saturated carbocycles. The number of hydrogen-bond acceptors (Lipinski definition) is 2. The summed E-state index contributed by atoms with van der Waals surface area (Å²) in [7, 11) is 0. The third kappa shape index (κ3) is 1.96. The fourth-order valence-corrected chi connectivity index (χ4v) is 3.89. The van der Waals surface area contributed by atoms with E-state index in [1.807, 2.05) is 29.2 Å². The van der Waals surface area contributed by atoms with E-state index < -0.39 is 0 Å². The third-order valence-electron chi connectivity index (χ3n) is 5.15. The van der Waals surface area contributed by atoms with Crippen molar-refractivity contribution in [3.05, 3.63) is 29.8 Å². The molecular formula is C17H19NO2. The van der Waals surface area contributed by atoms with E-state index in [1.54, 1.807) is 0 Å². The number of rotatable bonds is 3. The highest BCUT2D eigenvalue weighted by Gasteiger charge is 2.47. The Morgan fingerprint density at radius 3 is 2.35 bits per heavy atom. The Morgan fingerprint density at radius 1 is 1.05 bits per heavy atom. The maximum absolute atomic E-state index is 12.4. The second-order valence-electron chi connectivity index (χ2n) is 6.48. The van der Waals surface area contributed by atoms with Crippen molar-refractivity contribution in [2.24, 2.45) is 17.8 Å². The SMILES string of the molecule is O=C(c1ccc(N2CCCC2=O)cc1)C1CC2CC2C1. The number of ketones is 1. The van der Waals surface area contributed by atoms with Gasteiger partial charge < -0.3 is 4.90 Å². The van der Waals surface area contributed by atoms with Gasteiger partial charge in [0.2, 0.25) is 5.91 Å². The molecule has 1 aromatic carbocycles. The van der Waals surface area contributed by atoms with Crippen LogP contribution in [0.3, 0.4) is 0 Å². The van der Waals surface area contributed by atoms with Crippen molar-refractivity contribution < 1.29 is 9.59 Å². The zero-order valence-electron chi connectivity index (χ0n) is 11.5. The minimum Gasteiger partial charge on any atom is -0.312 e. The Bertz CT molecular complexity index is 553. The van der Waals surface area contributed by atoms with E-state index in [-0.39, 0.29) is 11.8 Å². The van der Waals surface area contributed by atoms with E-state index in [0.29, 0.717) is 12.2 Å². The number of anilines is 1. The highest BCUT2D eigenvalue weighted by molar-refractivity contribution is 5.99. The van der Waals surface area contributed by atoms with Crippen molar-refractivity contribution >= 4 is 17.4 Å². The van der Waals surface area contributed by atoms with Crippen LogP contribution in [0.1, 0.15) is 42.5 Å². The normalized spacial score (nSPS) is 31.5. The van der Waals surface area contributed by atoms with Crippen LogP contribution in [-0.2, 0) is 4.79 Å². The molecule has 20 heavy (non-hydrogen) atoms. The van der Waals surface area contributed by atoms with Gasteiger partial charge in [-0.1, -0.05) is 0 Å². The van der Waals surface area contributed by atoms with Gasteiger partial charge in [0.1, 0.15) is 0 Å². The van der Waals surface area contributed by atoms with Crippen LogP contribution in [0.4, 0.5) is 5.69 Å². The lowest BCUT2D eigenvalue weighted by Gasteiger charge is -2.16. The average Bonchev–Trinajstić information content (AvgIpc) is 2.87. The summed E-state index contributed by atoms with van der Waals surface area (Å²) in [5, 5.41) is 0. The van der Waals surface area contributed by atoms with E-state index >= 15 is 0 Å². The zero-order valence-corrected chi connectivity index (χ0v) is 11.5.